The number of carbonyl (C=O) groups excluding carboxylic acids is 1. The number of H-pyrrole nitrogens is 1. The highest BCUT2D eigenvalue weighted by atomic mass is 16.2. The second kappa shape index (κ2) is 8.49. The van der Waals surface area contributed by atoms with Crippen LogP contribution < -0.4 is 5.32 Å². The van der Waals surface area contributed by atoms with Crippen LogP contribution in [0.3, 0.4) is 0 Å². The quantitative estimate of drug-likeness (QED) is 0.514. The molecule has 3 heteroatoms. The molecule has 3 aliphatic carbocycles. The molecule has 3 nitrogen and oxygen atoms in total. The molecule has 1 amide bonds. The highest BCUT2D eigenvalue weighted by Crippen LogP contribution is 2.62. The summed E-state index contributed by atoms with van der Waals surface area (Å²) in [6.07, 6.45) is 14.9. The summed E-state index contributed by atoms with van der Waals surface area (Å²) in [4.78, 5) is 17.0. The van der Waals surface area contributed by atoms with Crippen LogP contribution in [0.15, 0.2) is 53.8 Å². The van der Waals surface area contributed by atoms with Gasteiger partial charge in [0.25, 0.3) is 0 Å². The Morgan fingerprint density at radius 1 is 1.21 bits per heavy atom. The number of aromatic amines is 1. The van der Waals surface area contributed by atoms with Crippen molar-refractivity contribution in [3.63, 3.8) is 0 Å². The van der Waals surface area contributed by atoms with Gasteiger partial charge < -0.3 is 10.3 Å². The molecular formula is C30H40N2O. The number of allylic oxidation sites excluding steroid dienone is 4. The van der Waals surface area contributed by atoms with Crippen molar-refractivity contribution >= 4 is 16.8 Å². The molecule has 1 aromatic carbocycles. The van der Waals surface area contributed by atoms with Crippen LogP contribution in [0, 0.1) is 28.6 Å². The molecule has 4 atom stereocenters. The summed E-state index contributed by atoms with van der Waals surface area (Å²) >= 11 is 0. The minimum absolute atomic E-state index is 0.226. The van der Waals surface area contributed by atoms with E-state index >= 15 is 0 Å². The van der Waals surface area contributed by atoms with Crippen LogP contribution >= 0.6 is 0 Å². The summed E-state index contributed by atoms with van der Waals surface area (Å²) in [5, 5.41) is 4.62. The number of para-hydroxylation sites is 1. The van der Waals surface area contributed by atoms with E-state index in [2.05, 4.69) is 80.6 Å². The Hall–Kier alpha value is -2.29. The molecule has 0 aliphatic heterocycles. The smallest absolute Gasteiger partial charge is 0.226 e. The molecule has 1 saturated carbocycles. The number of amides is 1. The van der Waals surface area contributed by atoms with Crippen LogP contribution in [0.25, 0.3) is 10.9 Å². The van der Waals surface area contributed by atoms with Crippen LogP contribution in [0.5, 0.6) is 0 Å². The number of rotatable bonds is 5. The third-order valence-electron chi connectivity index (χ3n) is 9.45. The second-order valence-electron chi connectivity index (χ2n) is 11.6. The van der Waals surface area contributed by atoms with E-state index in [0.717, 1.165) is 25.7 Å². The molecule has 0 saturated heterocycles. The maximum Gasteiger partial charge on any atom is 0.226 e. The first-order chi connectivity index (χ1) is 15.8. The molecule has 3 aliphatic rings. The lowest BCUT2D eigenvalue weighted by atomic mass is 9.46. The maximum atomic E-state index is 13.7. The van der Waals surface area contributed by atoms with Crippen molar-refractivity contribution in [1.82, 2.24) is 10.3 Å². The van der Waals surface area contributed by atoms with Gasteiger partial charge in [-0.1, -0.05) is 70.0 Å². The van der Waals surface area contributed by atoms with Crippen LogP contribution in [0.1, 0.15) is 71.8 Å². The first kappa shape index (κ1) is 22.5. The number of benzene rings is 1. The molecule has 0 radical (unpaired) electrons. The molecule has 5 rings (SSSR count). The standard InChI is InChI=1S/C30H40N2O/c1-20(2)21-10-12-25-22(18-21)11-13-27-29(25,3)15-7-16-30(27,4)28(33)31-17-14-23-19-32-26-9-6-5-8-24(23)26/h5-6,8-9,11,18-20,25,27,32H,7,10,12-17H2,1-4H3,(H,31,33)/t25?,27?,29-,30-/m0/s1. The molecule has 2 N–H and O–H groups in total. The minimum atomic E-state index is -0.280. The zero-order valence-corrected chi connectivity index (χ0v) is 20.8. The highest BCUT2D eigenvalue weighted by Gasteiger charge is 2.56. The second-order valence-corrected chi connectivity index (χ2v) is 11.6. The van der Waals surface area contributed by atoms with Crippen molar-refractivity contribution in [2.45, 2.75) is 72.6 Å². The predicted molar refractivity (Wildman–Crippen MR) is 137 cm³/mol. The fourth-order valence-corrected chi connectivity index (χ4v) is 7.47. The normalized spacial score (nSPS) is 31.5. The summed E-state index contributed by atoms with van der Waals surface area (Å²) in [5.74, 6) is 1.94. The minimum Gasteiger partial charge on any atom is -0.361 e. The number of carbonyl (C=O) groups is 1. The molecule has 2 aromatic rings. The van der Waals surface area contributed by atoms with E-state index in [4.69, 9.17) is 0 Å². The number of hydrogen-bond donors (Lipinski definition) is 2. The van der Waals surface area contributed by atoms with E-state index < -0.39 is 0 Å². The fraction of sp³-hybridized carbons (Fsp3) is 0.567. The molecule has 1 fully saturated rings. The highest BCUT2D eigenvalue weighted by molar-refractivity contribution is 5.84. The average Bonchev–Trinajstić information content (AvgIpc) is 3.21. The molecule has 0 bridgehead atoms. The number of fused-ring (bicyclic) bond motifs is 4. The molecule has 2 unspecified atom stereocenters. The Bertz CT molecular complexity index is 1110. The van der Waals surface area contributed by atoms with E-state index in [-0.39, 0.29) is 16.7 Å². The van der Waals surface area contributed by atoms with Gasteiger partial charge in [0.1, 0.15) is 0 Å². The fourth-order valence-electron chi connectivity index (χ4n) is 7.47. The first-order valence-corrected chi connectivity index (χ1v) is 13.1. The largest absolute Gasteiger partial charge is 0.361 e. The van der Waals surface area contributed by atoms with Gasteiger partial charge in [-0.25, -0.2) is 0 Å². The van der Waals surface area contributed by atoms with Crippen molar-refractivity contribution < 1.29 is 4.79 Å². The van der Waals surface area contributed by atoms with Gasteiger partial charge in [-0.05, 0) is 78.9 Å². The zero-order valence-electron chi connectivity index (χ0n) is 20.8. The summed E-state index contributed by atoms with van der Waals surface area (Å²) in [5.41, 5.74) is 5.56. The Kier molecular flexibility index (Phi) is 5.79. The van der Waals surface area contributed by atoms with E-state index in [1.165, 1.54) is 35.7 Å². The van der Waals surface area contributed by atoms with Crippen molar-refractivity contribution in [2.75, 3.05) is 6.54 Å². The first-order valence-electron chi connectivity index (χ1n) is 13.1. The Morgan fingerprint density at radius 2 is 2.03 bits per heavy atom. The summed E-state index contributed by atoms with van der Waals surface area (Å²) in [6.45, 7) is 10.1. The number of hydrogen-bond acceptors (Lipinski definition) is 1. The van der Waals surface area contributed by atoms with Crippen LogP contribution in [0.4, 0.5) is 0 Å². The summed E-state index contributed by atoms with van der Waals surface area (Å²) < 4.78 is 0. The van der Waals surface area contributed by atoms with Gasteiger partial charge in [0, 0.05) is 23.6 Å². The SMILES string of the molecule is CC(C)C1=CC2=CCC3[C@@](C)(CCC[C@]3(C)C(=O)NCCc3c[nH]c4ccccc34)C2CC1. The lowest BCUT2D eigenvalue weighted by Crippen LogP contribution is -2.55. The molecule has 1 aromatic heterocycles. The Balaban J connectivity index is 1.31. The predicted octanol–water partition coefficient (Wildman–Crippen LogP) is 6.96. The Labute approximate surface area is 199 Å². The summed E-state index contributed by atoms with van der Waals surface area (Å²) in [7, 11) is 0. The van der Waals surface area contributed by atoms with Gasteiger partial charge in [0.15, 0.2) is 0 Å². The van der Waals surface area contributed by atoms with E-state index in [9.17, 15) is 4.79 Å². The van der Waals surface area contributed by atoms with E-state index in [1.807, 2.05) is 0 Å². The zero-order chi connectivity index (χ0) is 23.2. The lowest BCUT2D eigenvalue weighted by molar-refractivity contribution is -0.144. The van der Waals surface area contributed by atoms with Gasteiger partial charge in [-0.2, -0.15) is 0 Å². The molecule has 0 spiro atoms. The Morgan fingerprint density at radius 3 is 2.85 bits per heavy atom. The molecular weight excluding hydrogens is 404 g/mol. The van der Waals surface area contributed by atoms with Gasteiger partial charge in [0.2, 0.25) is 5.91 Å². The monoisotopic (exact) mass is 444 g/mol. The van der Waals surface area contributed by atoms with Crippen LogP contribution in [-0.2, 0) is 11.2 Å². The topological polar surface area (TPSA) is 44.9 Å². The van der Waals surface area contributed by atoms with Crippen LogP contribution in [-0.4, -0.2) is 17.4 Å². The van der Waals surface area contributed by atoms with Crippen molar-refractivity contribution in [3.8, 4) is 0 Å². The van der Waals surface area contributed by atoms with Gasteiger partial charge in [0.05, 0.1) is 5.41 Å². The average molecular weight is 445 g/mol. The van der Waals surface area contributed by atoms with E-state index in [1.54, 1.807) is 11.1 Å². The third kappa shape index (κ3) is 3.78. The van der Waals surface area contributed by atoms with Gasteiger partial charge in [-0.15, -0.1) is 0 Å². The van der Waals surface area contributed by atoms with E-state index in [0.29, 0.717) is 24.3 Å². The maximum absolute atomic E-state index is 13.7. The van der Waals surface area contributed by atoms with Crippen LogP contribution in [0.2, 0.25) is 0 Å². The molecule has 1 heterocycles. The number of aromatic nitrogens is 1. The summed E-state index contributed by atoms with van der Waals surface area (Å²) in [6, 6.07) is 8.40. The van der Waals surface area contributed by atoms with Gasteiger partial charge in [-0.3, -0.25) is 4.79 Å². The van der Waals surface area contributed by atoms with Crippen molar-refractivity contribution in [1.29, 1.82) is 0 Å². The van der Waals surface area contributed by atoms with Crippen molar-refractivity contribution in [2.24, 2.45) is 28.6 Å². The molecule has 176 valence electrons. The van der Waals surface area contributed by atoms with Crippen molar-refractivity contribution in [3.05, 3.63) is 59.3 Å². The lowest BCUT2D eigenvalue weighted by Gasteiger charge is -2.57. The van der Waals surface area contributed by atoms with Gasteiger partial charge >= 0.3 is 0 Å². The third-order valence-corrected chi connectivity index (χ3v) is 9.45. The molecule has 33 heavy (non-hydrogen) atoms. The number of nitrogens with one attached hydrogen (secondary N) is 2.